The molecular formula is C22H23N3O3. The van der Waals surface area contributed by atoms with Gasteiger partial charge in [0.2, 0.25) is 5.91 Å². The zero-order chi connectivity index (χ0) is 19.5. The number of rotatable bonds is 6. The Labute approximate surface area is 164 Å². The van der Waals surface area contributed by atoms with Crippen LogP contribution in [0.25, 0.3) is 6.08 Å². The van der Waals surface area contributed by atoms with Crippen molar-refractivity contribution in [2.24, 2.45) is 4.99 Å². The molecule has 1 fully saturated rings. The molecule has 1 aromatic carbocycles. The Bertz CT molecular complexity index is 935. The van der Waals surface area contributed by atoms with E-state index in [4.69, 9.17) is 14.5 Å². The van der Waals surface area contributed by atoms with E-state index in [1.807, 2.05) is 48.6 Å². The number of anilines is 1. The summed E-state index contributed by atoms with van der Waals surface area (Å²) in [6.07, 6.45) is 5.31. The van der Waals surface area contributed by atoms with Gasteiger partial charge in [0.05, 0.1) is 37.7 Å². The molecule has 0 saturated carbocycles. The van der Waals surface area contributed by atoms with Crippen molar-refractivity contribution in [3.63, 3.8) is 0 Å². The molecule has 144 valence electrons. The van der Waals surface area contributed by atoms with Gasteiger partial charge in [-0.05, 0) is 36.3 Å². The molecule has 2 aliphatic heterocycles. The molecule has 0 spiro atoms. The van der Waals surface area contributed by atoms with Crippen molar-refractivity contribution in [3.8, 4) is 5.75 Å². The van der Waals surface area contributed by atoms with Crippen LogP contribution in [0, 0.1) is 0 Å². The highest BCUT2D eigenvalue weighted by atomic mass is 16.5. The van der Waals surface area contributed by atoms with Crippen molar-refractivity contribution in [2.45, 2.75) is 25.4 Å². The van der Waals surface area contributed by atoms with Gasteiger partial charge in [0.25, 0.3) is 0 Å². The van der Waals surface area contributed by atoms with Crippen LogP contribution in [-0.2, 0) is 16.1 Å². The molecule has 2 aromatic rings. The molecule has 4 rings (SSSR count). The average Bonchev–Trinajstić information content (AvgIpc) is 3.30. The molecule has 3 heterocycles. The van der Waals surface area contributed by atoms with Crippen molar-refractivity contribution in [1.82, 2.24) is 4.98 Å². The van der Waals surface area contributed by atoms with E-state index in [2.05, 4.69) is 4.99 Å². The van der Waals surface area contributed by atoms with E-state index >= 15 is 0 Å². The molecule has 0 unspecified atom stereocenters. The molecule has 1 atom stereocenters. The monoisotopic (exact) mass is 377 g/mol. The van der Waals surface area contributed by atoms with E-state index in [9.17, 15) is 4.79 Å². The molecular weight excluding hydrogens is 354 g/mol. The second-order valence-corrected chi connectivity index (χ2v) is 6.90. The van der Waals surface area contributed by atoms with E-state index in [-0.39, 0.29) is 11.9 Å². The summed E-state index contributed by atoms with van der Waals surface area (Å²) >= 11 is 0. The van der Waals surface area contributed by atoms with Crippen LogP contribution >= 0.6 is 0 Å². The van der Waals surface area contributed by atoms with Crippen LogP contribution < -0.4 is 9.64 Å². The Morgan fingerprint density at radius 3 is 2.71 bits per heavy atom. The summed E-state index contributed by atoms with van der Waals surface area (Å²) in [5, 5.41) is 0. The summed E-state index contributed by atoms with van der Waals surface area (Å²) in [5.41, 5.74) is 3.82. The van der Waals surface area contributed by atoms with E-state index in [0.717, 1.165) is 34.7 Å². The topological polar surface area (TPSA) is 64.0 Å². The Morgan fingerprint density at radius 2 is 1.96 bits per heavy atom. The Hall–Kier alpha value is -2.99. The van der Waals surface area contributed by atoms with Crippen LogP contribution in [-0.4, -0.2) is 43.5 Å². The van der Waals surface area contributed by atoms with Gasteiger partial charge in [-0.2, -0.15) is 0 Å². The van der Waals surface area contributed by atoms with E-state index < -0.39 is 0 Å². The highest BCUT2D eigenvalue weighted by Crippen LogP contribution is 2.28. The molecule has 0 N–H and O–H groups in total. The number of nitrogens with zero attached hydrogens (tertiary/aromatic N) is 3. The number of fused-ring (bicyclic) bond motifs is 1. The molecule has 6 heteroatoms. The number of allylic oxidation sites excluding steroid dienone is 1. The second kappa shape index (κ2) is 7.94. The van der Waals surface area contributed by atoms with Crippen LogP contribution in [0.4, 0.5) is 5.82 Å². The third-order valence-corrected chi connectivity index (χ3v) is 5.11. The van der Waals surface area contributed by atoms with Gasteiger partial charge in [-0.1, -0.05) is 24.3 Å². The predicted octanol–water partition coefficient (Wildman–Crippen LogP) is 3.25. The molecule has 6 nitrogen and oxygen atoms in total. The van der Waals surface area contributed by atoms with Crippen LogP contribution in [0.15, 0.2) is 47.5 Å². The minimum absolute atomic E-state index is 0.0414. The second-order valence-electron chi connectivity index (χ2n) is 6.90. The number of methoxy groups -OCH3 is 2. The number of aliphatic imine (C=N–C) groups is 1. The number of hydrogen-bond acceptors (Lipinski definition) is 5. The van der Waals surface area contributed by atoms with Crippen LogP contribution in [0.5, 0.6) is 5.75 Å². The minimum Gasteiger partial charge on any atom is -0.497 e. The van der Waals surface area contributed by atoms with Gasteiger partial charge in [0, 0.05) is 19.1 Å². The number of hydrogen-bond donors (Lipinski definition) is 0. The lowest BCUT2D eigenvalue weighted by Gasteiger charge is -2.23. The highest BCUT2D eigenvalue weighted by molar-refractivity contribution is 6.12. The molecule has 0 bridgehead atoms. The van der Waals surface area contributed by atoms with Gasteiger partial charge in [-0.3, -0.25) is 14.7 Å². The number of carbonyl (C=O) groups is 1. The first kappa shape index (κ1) is 18.4. The Morgan fingerprint density at radius 1 is 1.14 bits per heavy atom. The Kier molecular flexibility index (Phi) is 5.21. The number of pyridine rings is 1. The molecule has 0 aliphatic carbocycles. The third kappa shape index (κ3) is 3.55. The quantitative estimate of drug-likeness (QED) is 0.775. The van der Waals surface area contributed by atoms with Gasteiger partial charge in [-0.15, -0.1) is 0 Å². The summed E-state index contributed by atoms with van der Waals surface area (Å²) in [6.45, 7) is 1.13. The van der Waals surface area contributed by atoms with Crippen molar-refractivity contribution < 1.29 is 14.3 Å². The standard InChI is InChI=1S/C22H23N3O3/c1-27-14-17-7-12-21(26)25(17)20-11-6-16-13-23-19(22(16)24-20)10-5-15-3-8-18(28-2)9-4-15/h3-6,8-11,17H,7,12-14H2,1-2H3/b10-5+/t17-/m1/s1. The number of carbonyl (C=O) groups excluding carboxylic acids is 1. The molecule has 0 radical (unpaired) electrons. The van der Waals surface area contributed by atoms with E-state index in [1.54, 1.807) is 19.1 Å². The lowest BCUT2D eigenvalue weighted by Crippen LogP contribution is -2.36. The molecule has 2 aliphatic rings. The Balaban J connectivity index is 1.58. The highest BCUT2D eigenvalue weighted by Gasteiger charge is 2.33. The first-order valence-corrected chi connectivity index (χ1v) is 9.37. The molecule has 1 amide bonds. The average molecular weight is 377 g/mol. The summed E-state index contributed by atoms with van der Waals surface area (Å²) < 4.78 is 10.5. The first-order valence-electron chi connectivity index (χ1n) is 9.37. The van der Waals surface area contributed by atoms with Crippen LogP contribution in [0.1, 0.15) is 29.7 Å². The number of benzene rings is 1. The summed E-state index contributed by atoms with van der Waals surface area (Å²) in [4.78, 5) is 23.5. The van der Waals surface area contributed by atoms with Crippen LogP contribution in [0.3, 0.4) is 0 Å². The van der Waals surface area contributed by atoms with E-state index in [0.29, 0.717) is 25.4 Å². The number of aromatic nitrogens is 1. The fourth-order valence-corrected chi connectivity index (χ4v) is 3.64. The summed E-state index contributed by atoms with van der Waals surface area (Å²) in [7, 11) is 3.31. The van der Waals surface area contributed by atoms with Gasteiger partial charge in [0.15, 0.2) is 0 Å². The summed E-state index contributed by atoms with van der Waals surface area (Å²) in [5.74, 6) is 1.60. The molecule has 1 saturated heterocycles. The minimum atomic E-state index is 0.0414. The molecule has 28 heavy (non-hydrogen) atoms. The summed E-state index contributed by atoms with van der Waals surface area (Å²) in [6, 6.07) is 11.8. The lowest BCUT2D eigenvalue weighted by molar-refractivity contribution is -0.117. The fourth-order valence-electron chi connectivity index (χ4n) is 3.64. The third-order valence-electron chi connectivity index (χ3n) is 5.11. The van der Waals surface area contributed by atoms with Crippen molar-refractivity contribution in [2.75, 3.05) is 25.7 Å². The zero-order valence-corrected chi connectivity index (χ0v) is 16.1. The maximum Gasteiger partial charge on any atom is 0.228 e. The van der Waals surface area contributed by atoms with Crippen molar-refractivity contribution in [3.05, 3.63) is 59.3 Å². The molecule has 1 aromatic heterocycles. The first-order chi connectivity index (χ1) is 13.7. The van der Waals surface area contributed by atoms with E-state index in [1.165, 1.54) is 0 Å². The van der Waals surface area contributed by atoms with Gasteiger partial charge < -0.3 is 9.47 Å². The van der Waals surface area contributed by atoms with Crippen molar-refractivity contribution in [1.29, 1.82) is 0 Å². The van der Waals surface area contributed by atoms with Gasteiger partial charge >= 0.3 is 0 Å². The van der Waals surface area contributed by atoms with Gasteiger partial charge in [0.1, 0.15) is 11.6 Å². The maximum absolute atomic E-state index is 12.4. The largest absolute Gasteiger partial charge is 0.497 e. The number of amides is 1. The smallest absolute Gasteiger partial charge is 0.228 e. The maximum atomic E-state index is 12.4. The number of ether oxygens (including phenoxy) is 2. The van der Waals surface area contributed by atoms with Crippen molar-refractivity contribution >= 4 is 23.5 Å². The lowest BCUT2D eigenvalue weighted by atomic mass is 10.1. The zero-order valence-electron chi connectivity index (χ0n) is 16.1. The van der Waals surface area contributed by atoms with Crippen LogP contribution in [0.2, 0.25) is 0 Å². The normalized spacial score (nSPS) is 18.6. The SMILES string of the molecule is COC[C@H]1CCC(=O)N1c1ccc2c(n1)C(/C=C/c1ccc(OC)cc1)=NC2. The van der Waals surface area contributed by atoms with Gasteiger partial charge in [-0.25, -0.2) is 4.98 Å². The predicted molar refractivity (Wildman–Crippen MR) is 109 cm³/mol. The fraction of sp³-hybridized carbons (Fsp3) is 0.318.